The first kappa shape index (κ1) is 11.8. The number of carbonyl (C=O) groups excluding carboxylic acids is 1. The van der Waals surface area contributed by atoms with Gasteiger partial charge in [-0.1, -0.05) is 5.21 Å². The molecular weight excluding hydrogens is 240 g/mol. The maximum atomic E-state index is 10.8. The molecule has 8 heteroatoms. The summed E-state index contributed by atoms with van der Waals surface area (Å²) in [4.78, 5) is 21.2. The van der Waals surface area contributed by atoms with E-state index in [0.717, 1.165) is 0 Å². The maximum Gasteiger partial charge on any atom is 0.404 e. The summed E-state index contributed by atoms with van der Waals surface area (Å²) in [6.45, 7) is 0.375. The van der Waals surface area contributed by atoms with Gasteiger partial charge in [0.25, 0.3) is 0 Å². The molecule has 0 atom stereocenters. The predicted molar refractivity (Wildman–Crippen MR) is 60.0 cm³/mol. The van der Waals surface area contributed by atoms with Crippen LogP contribution in [-0.2, 0) is 11.3 Å². The number of ether oxygens (including phenoxy) is 1. The number of carbonyl (C=O) groups is 2. The van der Waals surface area contributed by atoms with Crippen molar-refractivity contribution in [1.82, 2.24) is 15.0 Å². The number of rotatable bonds is 4. The number of fused-ring (bicyclic) bond motifs is 1. The number of primary amides is 1. The molecule has 0 unspecified atom stereocenters. The van der Waals surface area contributed by atoms with Gasteiger partial charge in [0.15, 0.2) is 0 Å². The fourth-order valence-electron chi connectivity index (χ4n) is 1.50. The number of aromatic nitrogens is 3. The molecular formula is C10H10N4O4. The molecule has 1 aromatic heterocycles. The SMILES string of the molecule is NC(=O)OCCn1nnc2cc(C(=O)O)ccc21. The van der Waals surface area contributed by atoms with Crippen LogP contribution in [0.1, 0.15) is 10.4 Å². The molecule has 1 amide bonds. The van der Waals surface area contributed by atoms with Gasteiger partial charge in [0.05, 0.1) is 17.6 Å². The number of hydrogen-bond acceptors (Lipinski definition) is 5. The Bertz CT molecular complexity index is 607. The monoisotopic (exact) mass is 250 g/mol. The van der Waals surface area contributed by atoms with Crippen molar-refractivity contribution >= 4 is 23.1 Å². The highest BCUT2D eigenvalue weighted by atomic mass is 16.5. The smallest absolute Gasteiger partial charge is 0.404 e. The molecule has 0 saturated carbocycles. The Labute approximate surface area is 101 Å². The third-order valence-corrected chi connectivity index (χ3v) is 2.31. The number of carboxylic acid groups (broad SMARTS) is 1. The van der Waals surface area contributed by atoms with Crippen LogP contribution in [0.5, 0.6) is 0 Å². The number of benzene rings is 1. The highest BCUT2D eigenvalue weighted by Crippen LogP contribution is 2.13. The van der Waals surface area contributed by atoms with E-state index in [-0.39, 0.29) is 12.2 Å². The van der Waals surface area contributed by atoms with Gasteiger partial charge in [0.1, 0.15) is 12.1 Å². The quantitative estimate of drug-likeness (QED) is 0.800. The van der Waals surface area contributed by atoms with Gasteiger partial charge < -0.3 is 15.6 Å². The average Bonchev–Trinajstić information content (AvgIpc) is 2.71. The second-order valence-electron chi connectivity index (χ2n) is 3.49. The van der Waals surface area contributed by atoms with Crippen LogP contribution in [0.4, 0.5) is 4.79 Å². The Hall–Kier alpha value is -2.64. The van der Waals surface area contributed by atoms with E-state index < -0.39 is 12.1 Å². The summed E-state index contributed by atoms with van der Waals surface area (Å²) in [6, 6.07) is 4.48. The summed E-state index contributed by atoms with van der Waals surface area (Å²) >= 11 is 0. The second-order valence-corrected chi connectivity index (χ2v) is 3.49. The first-order chi connectivity index (χ1) is 8.58. The predicted octanol–water partition coefficient (Wildman–Crippen LogP) is 0.225. The van der Waals surface area contributed by atoms with Crippen LogP contribution in [-0.4, -0.2) is 38.8 Å². The zero-order valence-electron chi connectivity index (χ0n) is 9.24. The van der Waals surface area contributed by atoms with Gasteiger partial charge in [0, 0.05) is 0 Å². The van der Waals surface area contributed by atoms with Gasteiger partial charge >= 0.3 is 12.1 Å². The second kappa shape index (κ2) is 4.70. The minimum Gasteiger partial charge on any atom is -0.478 e. The molecule has 0 aliphatic heterocycles. The van der Waals surface area contributed by atoms with Crippen LogP contribution in [0.3, 0.4) is 0 Å². The van der Waals surface area contributed by atoms with Crippen LogP contribution in [0.25, 0.3) is 11.0 Å². The van der Waals surface area contributed by atoms with E-state index in [4.69, 9.17) is 10.8 Å². The molecule has 0 radical (unpaired) electrons. The van der Waals surface area contributed by atoms with E-state index in [2.05, 4.69) is 15.0 Å². The Balaban J connectivity index is 2.20. The third kappa shape index (κ3) is 2.37. The number of aromatic carboxylic acids is 1. The summed E-state index contributed by atoms with van der Waals surface area (Å²) in [5.74, 6) is -1.02. The van der Waals surface area contributed by atoms with Crippen LogP contribution >= 0.6 is 0 Å². The molecule has 0 fully saturated rings. The number of amides is 1. The lowest BCUT2D eigenvalue weighted by Crippen LogP contribution is -2.17. The highest BCUT2D eigenvalue weighted by Gasteiger charge is 2.09. The fourth-order valence-corrected chi connectivity index (χ4v) is 1.50. The molecule has 8 nitrogen and oxygen atoms in total. The molecule has 0 bridgehead atoms. The van der Waals surface area contributed by atoms with Gasteiger partial charge in [0.2, 0.25) is 0 Å². The van der Waals surface area contributed by atoms with Gasteiger partial charge in [-0.05, 0) is 18.2 Å². The van der Waals surface area contributed by atoms with E-state index in [1.54, 1.807) is 6.07 Å². The van der Waals surface area contributed by atoms with Gasteiger partial charge in [-0.25, -0.2) is 14.3 Å². The van der Waals surface area contributed by atoms with E-state index in [9.17, 15) is 9.59 Å². The maximum absolute atomic E-state index is 10.8. The lowest BCUT2D eigenvalue weighted by atomic mass is 10.2. The summed E-state index contributed by atoms with van der Waals surface area (Å²) in [5, 5.41) is 16.5. The van der Waals surface area contributed by atoms with Crippen molar-refractivity contribution in [2.45, 2.75) is 6.54 Å². The molecule has 0 spiro atoms. The lowest BCUT2D eigenvalue weighted by molar-refractivity contribution is 0.0697. The first-order valence-corrected chi connectivity index (χ1v) is 5.06. The van der Waals surface area contributed by atoms with Crippen molar-refractivity contribution in [3.63, 3.8) is 0 Å². The number of nitrogens with zero attached hydrogens (tertiary/aromatic N) is 3. The molecule has 18 heavy (non-hydrogen) atoms. The van der Waals surface area contributed by atoms with Crippen molar-refractivity contribution < 1.29 is 19.4 Å². The highest BCUT2D eigenvalue weighted by molar-refractivity contribution is 5.92. The van der Waals surface area contributed by atoms with Crippen LogP contribution in [0.2, 0.25) is 0 Å². The Morgan fingerprint density at radius 1 is 1.44 bits per heavy atom. The van der Waals surface area contributed by atoms with E-state index in [1.165, 1.54) is 16.8 Å². The largest absolute Gasteiger partial charge is 0.478 e. The van der Waals surface area contributed by atoms with Crippen LogP contribution in [0.15, 0.2) is 18.2 Å². The van der Waals surface area contributed by atoms with E-state index in [0.29, 0.717) is 17.6 Å². The number of hydrogen-bond donors (Lipinski definition) is 2. The minimum atomic E-state index is -1.02. The summed E-state index contributed by atoms with van der Waals surface area (Å²) in [6.07, 6.45) is -0.854. The average molecular weight is 250 g/mol. The molecule has 0 aliphatic carbocycles. The Kier molecular flexibility index (Phi) is 3.09. The molecule has 2 rings (SSSR count). The van der Waals surface area contributed by atoms with Crippen molar-refractivity contribution in [2.24, 2.45) is 5.73 Å². The topological polar surface area (TPSA) is 120 Å². The van der Waals surface area contributed by atoms with Crippen molar-refractivity contribution in [2.75, 3.05) is 6.61 Å². The van der Waals surface area contributed by atoms with Gasteiger partial charge in [-0.2, -0.15) is 0 Å². The summed E-state index contributed by atoms with van der Waals surface area (Å²) in [5.41, 5.74) is 6.09. The summed E-state index contributed by atoms with van der Waals surface area (Å²) in [7, 11) is 0. The van der Waals surface area contributed by atoms with Crippen LogP contribution in [0, 0.1) is 0 Å². The van der Waals surface area contributed by atoms with Crippen molar-refractivity contribution in [1.29, 1.82) is 0 Å². The van der Waals surface area contributed by atoms with Crippen LogP contribution < -0.4 is 5.73 Å². The van der Waals surface area contributed by atoms with Crippen molar-refractivity contribution in [3.05, 3.63) is 23.8 Å². The van der Waals surface area contributed by atoms with E-state index in [1.807, 2.05) is 0 Å². The number of nitrogens with two attached hydrogens (primary N) is 1. The Morgan fingerprint density at radius 3 is 2.89 bits per heavy atom. The normalized spacial score (nSPS) is 10.4. The molecule has 1 heterocycles. The molecule has 1 aromatic carbocycles. The van der Waals surface area contributed by atoms with Gasteiger partial charge in [-0.15, -0.1) is 5.10 Å². The fraction of sp³-hybridized carbons (Fsp3) is 0.200. The zero-order chi connectivity index (χ0) is 13.1. The molecule has 94 valence electrons. The summed E-state index contributed by atoms with van der Waals surface area (Å²) < 4.78 is 6.09. The minimum absolute atomic E-state index is 0.0779. The third-order valence-electron chi connectivity index (χ3n) is 2.31. The lowest BCUT2D eigenvalue weighted by Gasteiger charge is -2.02. The molecule has 0 saturated heterocycles. The number of carboxylic acids is 1. The molecule has 2 aromatic rings. The first-order valence-electron chi connectivity index (χ1n) is 5.06. The van der Waals surface area contributed by atoms with E-state index >= 15 is 0 Å². The van der Waals surface area contributed by atoms with Crippen molar-refractivity contribution in [3.8, 4) is 0 Å². The van der Waals surface area contributed by atoms with Gasteiger partial charge in [-0.3, -0.25) is 0 Å². The molecule has 3 N–H and O–H groups in total. The zero-order valence-corrected chi connectivity index (χ0v) is 9.24. The Morgan fingerprint density at radius 2 is 2.22 bits per heavy atom. The molecule has 0 aliphatic rings. The standard InChI is InChI=1S/C10H10N4O4/c11-10(17)18-4-3-14-8-2-1-6(9(15)16)5-7(8)12-13-14/h1-2,5H,3-4H2,(H2,11,17)(H,15,16).